The summed E-state index contributed by atoms with van der Waals surface area (Å²) in [5.74, 6) is 1.56. The van der Waals surface area contributed by atoms with Gasteiger partial charge in [-0.1, -0.05) is 12.1 Å². The number of benzene rings is 2. The topological polar surface area (TPSA) is 50.8 Å². The van der Waals surface area contributed by atoms with Crippen LogP contribution in [0.2, 0.25) is 0 Å². The fourth-order valence-electron chi connectivity index (χ4n) is 3.38. The van der Waals surface area contributed by atoms with E-state index in [4.69, 9.17) is 9.47 Å². The fourth-order valence-corrected chi connectivity index (χ4v) is 3.38. The molecule has 1 aliphatic rings. The molecular weight excluding hydrogens is 328 g/mol. The number of aryl methyl sites for hydroxylation is 1. The number of carbonyl (C=O) groups excluding carboxylic acids is 1. The number of hydrogen-bond donors (Lipinski definition) is 1. The van der Waals surface area contributed by atoms with Crippen LogP contribution in [0.4, 0.5) is 5.69 Å². The third kappa shape index (κ3) is 4.10. The Morgan fingerprint density at radius 3 is 2.69 bits per heavy atom. The van der Waals surface area contributed by atoms with E-state index < -0.39 is 0 Å². The van der Waals surface area contributed by atoms with Gasteiger partial charge >= 0.3 is 0 Å². The summed E-state index contributed by atoms with van der Waals surface area (Å²) in [5.41, 5.74) is 3.11. The number of hydrogen-bond acceptors (Lipinski definition) is 4. The fraction of sp³-hybridized carbons (Fsp3) is 0.381. The van der Waals surface area contributed by atoms with Gasteiger partial charge in [-0.05, 0) is 55.2 Å². The van der Waals surface area contributed by atoms with Gasteiger partial charge in [0.1, 0.15) is 0 Å². The number of amides is 1. The minimum atomic E-state index is -0.0834. The predicted molar refractivity (Wildman–Crippen MR) is 103 cm³/mol. The summed E-state index contributed by atoms with van der Waals surface area (Å²) in [7, 11) is 3.15. The number of methoxy groups -OCH3 is 2. The van der Waals surface area contributed by atoms with E-state index in [1.807, 2.05) is 0 Å². The Labute approximate surface area is 154 Å². The first-order valence-electron chi connectivity index (χ1n) is 8.92. The molecule has 0 aliphatic carbocycles. The van der Waals surface area contributed by atoms with E-state index >= 15 is 0 Å². The Morgan fingerprint density at radius 2 is 1.96 bits per heavy atom. The highest BCUT2D eigenvalue weighted by atomic mass is 16.5. The molecule has 1 heterocycles. The molecule has 26 heavy (non-hydrogen) atoms. The van der Waals surface area contributed by atoms with Gasteiger partial charge in [0, 0.05) is 30.9 Å². The monoisotopic (exact) mass is 354 g/mol. The number of nitrogens with zero attached hydrogens (tertiary/aromatic N) is 1. The Kier molecular flexibility index (Phi) is 5.66. The lowest BCUT2D eigenvalue weighted by Gasteiger charge is -2.19. The zero-order chi connectivity index (χ0) is 18.5. The number of ether oxygens (including phenoxy) is 2. The molecule has 0 aromatic heterocycles. The van der Waals surface area contributed by atoms with Crippen LogP contribution in [0.15, 0.2) is 42.5 Å². The lowest BCUT2D eigenvalue weighted by molar-refractivity contribution is 0.0948. The van der Waals surface area contributed by atoms with Crippen molar-refractivity contribution in [2.75, 3.05) is 38.8 Å². The van der Waals surface area contributed by atoms with Gasteiger partial charge in [0.05, 0.1) is 14.2 Å². The SMILES string of the molecule is COc1ccc(C(=O)NCC2CCN(c3cccc(C)c3)C2)cc1OC. The maximum absolute atomic E-state index is 12.4. The summed E-state index contributed by atoms with van der Waals surface area (Å²) < 4.78 is 10.5. The molecule has 1 amide bonds. The molecule has 138 valence electrons. The molecule has 1 N–H and O–H groups in total. The predicted octanol–water partition coefficient (Wildman–Crippen LogP) is 3.27. The molecule has 1 fully saturated rings. The van der Waals surface area contributed by atoms with Gasteiger partial charge in [-0.25, -0.2) is 0 Å². The maximum atomic E-state index is 12.4. The lowest BCUT2D eigenvalue weighted by Crippen LogP contribution is -2.31. The van der Waals surface area contributed by atoms with Gasteiger partial charge in [-0.3, -0.25) is 4.79 Å². The molecule has 1 unspecified atom stereocenters. The second-order valence-electron chi connectivity index (χ2n) is 6.72. The van der Waals surface area contributed by atoms with Crippen LogP contribution in [0.1, 0.15) is 22.3 Å². The Bertz CT molecular complexity index is 776. The highest BCUT2D eigenvalue weighted by molar-refractivity contribution is 5.94. The van der Waals surface area contributed by atoms with Crippen LogP contribution in [0.3, 0.4) is 0 Å². The molecule has 2 aromatic carbocycles. The Balaban J connectivity index is 1.55. The zero-order valence-corrected chi connectivity index (χ0v) is 15.6. The van der Waals surface area contributed by atoms with Gasteiger partial charge in [-0.15, -0.1) is 0 Å². The van der Waals surface area contributed by atoms with E-state index in [1.54, 1.807) is 32.4 Å². The van der Waals surface area contributed by atoms with Crippen molar-refractivity contribution in [2.45, 2.75) is 13.3 Å². The molecule has 1 aliphatic heterocycles. The minimum Gasteiger partial charge on any atom is -0.493 e. The van der Waals surface area contributed by atoms with Gasteiger partial charge in [-0.2, -0.15) is 0 Å². The molecule has 0 bridgehead atoms. The summed E-state index contributed by atoms with van der Waals surface area (Å²) in [6, 6.07) is 13.8. The normalized spacial score (nSPS) is 16.4. The standard InChI is InChI=1S/C21H26N2O3/c1-15-5-4-6-18(11-15)23-10-9-16(14-23)13-22-21(24)17-7-8-19(25-2)20(12-17)26-3/h4-8,11-12,16H,9-10,13-14H2,1-3H3,(H,22,24). The third-order valence-electron chi connectivity index (χ3n) is 4.85. The molecule has 0 spiro atoms. The van der Waals surface area contributed by atoms with E-state index in [0.29, 0.717) is 29.5 Å². The van der Waals surface area contributed by atoms with E-state index in [0.717, 1.165) is 19.5 Å². The summed E-state index contributed by atoms with van der Waals surface area (Å²) in [6.07, 6.45) is 1.08. The zero-order valence-electron chi connectivity index (χ0n) is 15.6. The van der Waals surface area contributed by atoms with Crippen molar-refractivity contribution in [3.63, 3.8) is 0 Å². The smallest absolute Gasteiger partial charge is 0.251 e. The first-order chi connectivity index (χ1) is 12.6. The highest BCUT2D eigenvalue weighted by Crippen LogP contribution is 2.28. The van der Waals surface area contributed by atoms with E-state index in [9.17, 15) is 4.79 Å². The second kappa shape index (κ2) is 8.13. The molecule has 3 rings (SSSR count). The van der Waals surface area contributed by atoms with Crippen molar-refractivity contribution in [2.24, 2.45) is 5.92 Å². The average Bonchev–Trinajstić information content (AvgIpc) is 3.14. The summed E-state index contributed by atoms with van der Waals surface area (Å²) in [5, 5.41) is 3.05. The molecular formula is C21H26N2O3. The number of nitrogens with one attached hydrogen (secondary N) is 1. The molecule has 1 saturated heterocycles. The lowest BCUT2D eigenvalue weighted by atomic mass is 10.1. The van der Waals surface area contributed by atoms with Gasteiger partial charge in [0.15, 0.2) is 11.5 Å². The molecule has 0 saturated carbocycles. The van der Waals surface area contributed by atoms with Crippen molar-refractivity contribution in [3.05, 3.63) is 53.6 Å². The molecule has 0 radical (unpaired) electrons. The summed E-state index contributed by atoms with van der Waals surface area (Å²) >= 11 is 0. The van der Waals surface area contributed by atoms with Crippen LogP contribution < -0.4 is 19.7 Å². The molecule has 5 heteroatoms. The summed E-state index contributed by atoms with van der Waals surface area (Å²) in [4.78, 5) is 14.8. The minimum absolute atomic E-state index is 0.0834. The highest BCUT2D eigenvalue weighted by Gasteiger charge is 2.23. The van der Waals surface area contributed by atoms with Crippen molar-refractivity contribution in [1.82, 2.24) is 5.32 Å². The van der Waals surface area contributed by atoms with E-state index in [2.05, 4.69) is 41.4 Å². The van der Waals surface area contributed by atoms with Crippen molar-refractivity contribution >= 4 is 11.6 Å². The van der Waals surface area contributed by atoms with Crippen LogP contribution >= 0.6 is 0 Å². The first kappa shape index (κ1) is 18.1. The van der Waals surface area contributed by atoms with Gasteiger partial charge in [0.25, 0.3) is 5.91 Å². The number of carbonyl (C=O) groups is 1. The quantitative estimate of drug-likeness (QED) is 0.865. The third-order valence-corrected chi connectivity index (χ3v) is 4.85. The van der Waals surface area contributed by atoms with Crippen LogP contribution in [0.25, 0.3) is 0 Å². The molecule has 5 nitrogen and oxygen atoms in total. The van der Waals surface area contributed by atoms with Gasteiger partial charge in [0.2, 0.25) is 0 Å². The van der Waals surface area contributed by atoms with Crippen molar-refractivity contribution in [1.29, 1.82) is 0 Å². The maximum Gasteiger partial charge on any atom is 0.251 e. The summed E-state index contributed by atoms with van der Waals surface area (Å²) in [6.45, 7) is 4.78. The number of anilines is 1. The van der Waals surface area contributed by atoms with Crippen molar-refractivity contribution < 1.29 is 14.3 Å². The largest absolute Gasteiger partial charge is 0.493 e. The average molecular weight is 354 g/mol. The van der Waals surface area contributed by atoms with Crippen LogP contribution in [-0.2, 0) is 0 Å². The van der Waals surface area contributed by atoms with Crippen LogP contribution in [0.5, 0.6) is 11.5 Å². The molecule has 2 aromatic rings. The number of rotatable bonds is 6. The van der Waals surface area contributed by atoms with Gasteiger partial charge < -0.3 is 19.7 Å². The van der Waals surface area contributed by atoms with Crippen LogP contribution in [0, 0.1) is 12.8 Å². The van der Waals surface area contributed by atoms with E-state index in [-0.39, 0.29) is 5.91 Å². The second-order valence-corrected chi connectivity index (χ2v) is 6.72. The van der Waals surface area contributed by atoms with E-state index in [1.165, 1.54) is 11.3 Å². The first-order valence-corrected chi connectivity index (χ1v) is 8.92. The Hall–Kier alpha value is -2.69. The van der Waals surface area contributed by atoms with Crippen LogP contribution in [-0.4, -0.2) is 39.8 Å². The Morgan fingerprint density at radius 1 is 1.15 bits per heavy atom. The molecule has 1 atom stereocenters. The van der Waals surface area contributed by atoms with Crippen molar-refractivity contribution in [3.8, 4) is 11.5 Å².